The van der Waals surface area contributed by atoms with Gasteiger partial charge in [-0.1, -0.05) is 24.6 Å². The molecule has 1 aliphatic heterocycles. The Bertz CT molecular complexity index is 1060. The number of benzene rings is 2. The second-order valence-electron chi connectivity index (χ2n) is 7.68. The standard InChI is InChI=1S/C23H26ClN3O2/c1-3-26-13-5-6-17(14-26)15-27-16(2)25-20-7-4-8-21(22(20)23(27)28)29-19-11-9-18(24)10-12-19/h4,7-12,17H,3,5-6,13-15H2,1-2H3/t17-/m0/s1. The number of piperidine rings is 1. The van der Waals surface area contributed by atoms with Crippen molar-refractivity contribution >= 4 is 22.5 Å². The number of nitrogens with zero attached hydrogens (tertiary/aromatic N) is 3. The van der Waals surface area contributed by atoms with Crippen molar-refractivity contribution in [3.63, 3.8) is 0 Å². The fourth-order valence-corrected chi connectivity index (χ4v) is 4.25. The van der Waals surface area contributed by atoms with Gasteiger partial charge in [0.2, 0.25) is 0 Å². The van der Waals surface area contributed by atoms with E-state index in [1.54, 1.807) is 24.3 Å². The van der Waals surface area contributed by atoms with Gasteiger partial charge in [-0.25, -0.2) is 4.98 Å². The average molecular weight is 412 g/mol. The minimum Gasteiger partial charge on any atom is -0.456 e. The van der Waals surface area contributed by atoms with Crippen LogP contribution in [0.5, 0.6) is 11.5 Å². The third kappa shape index (κ3) is 4.31. The van der Waals surface area contributed by atoms with Crippen molar-refractivity contribution in [3.8, 4) is 11.5 Å². The Balaban J connectivity index is 1.70. The highest BCUT2D eigenvalue weighted by atomic mass is 35.5. The summed E-state index contributed by atoms with van der Waals surface area (Å²) in [7, 11) is 0. The number of rotatable bonds is 5. The summed E-state index contributed by atoms with van der Waals surface area (Å²) in [6.45, 7) is 8.03. The van der Waals surface area contributed by atoms with Gasteiger partial charge in [0, 0.05) is 18.1 Å². The van der Waals surface area contributed by atoms with E-state index in [4.69, 9.17) is 21.3 Å². The lowest BCUT2D eigenvalue weighted by atomic mass is 9.98. The molecule has 0 amide bonds. The summed E-state index contributed by atoms with van der Waals surface area (Å²) in [5, 5.41) is 1.17. The molecule has 2 heterocycles. The van der Waals surface area contributed by atoms with Gasteiger partial charge < -0.3 is 9.64 Å². The topological polar surface area (TPSA) is 47.4 Å². The van der Waals surface area contributed by atoms with Gasteiger partial charge in [0.15, 0.2) is 0 Å². The lowest BCUT2D eigenvalue weighted by Crippen LogP contribution is -2.38. The predicted molar refractivity (Wildman–Crippen MR) is 117 cm³/mol. The second-order valence-corrected chi connectivity index (χ2v) is 8.12. The van der Waals surface area contributed by atoms with Crippen molar-refractivity contribution in [2.45, 2.75) is 33.2 Å². The van der Waals surface area contributed by atoms with Crippen molar-refractivity contribution in [2.24, 2.45) is 5.92 Å². The van der Waals surface area contributed by atoms with E-state index in [0.717, 1.165) is 31.9 Å². The Kier molecular flexibility index (Phi) is 5.88. The molecule has 3 aromatic rings. The van der Waals surface area contributed by atoms with Crippen LogP contribution >= 0.6 is 11.6 Å². The lowest BCUT2D eigenvalue weighted by Gasteiger charge is -2.32. The van der Waals surface area contributed by atoms with Gasteiger partial charge in [-0.05, 0) is 75.2 Å². The van der Waals surface area contributed by atoms with Gasteiger partial charge in [-0.3, -0.25) is 9.36 Å². The Morgan fingerprint density at radius 3 is 2.76 bits per heavy atom. The van der Waals surface area contributed by atoms with Crippen molar-refractivity contribution in [3.05, 3.63) is 63.7 Å². The molecule has 1 saturated heterocycles. The largest absolute Gasteiger partial charge is 0.456 e. The number of halogens is 1. The van der Waals surface area contributed by atoms with Crippen LogP contribution in [0, 0.1) is 12.8 Å². The number of hydrogen-bond donors (Lipinski definition) is 0. The summed E-state index contributed by atoms with van der Waals surface area (Å²) in [6, 6.07) is 12.7. The van der Waals surface area contributed by atoms with Crippen LogP contribution in [0.1, 0.15) is 25.6 Å². The highest BCUT2D eigenvalue weighted by Crippen LogP contribution is 2.28. The summed E-state index contributed by atoms with van der Waals surface area (Å²) in [4.78, 5) is 20.6. The zero-order valence-electron chi connectivity index (χ0n) is 16.9. The van der Waals surface area contributed by atoms with E-state index in [9.17, 15) is 4.79 Å². The maximum atomic E-state index is 13.4. The first-order chi connectivity index (χ1) is 14.0. The summed E-state index contributed by atoms with van der Waals surface area (Å²) in [5.41, 5.74) is 0.625. The van der Waals surface area contributed by atoms with Crippen LogP contribution in [-0.2, 0) is 6.54 Å². The molecule has 0 saturated carbocycles. The molecule has 0 unspecified atom stereocenters. The zero-order valence-corrected chi connectivity index (χ0v) is 17.7. The second kappa shape index (κ2) is 8.56. The van der Waals surface area contributed by atoms with Crippen LogP contribution in [0.15, 0.2) is 47.3 Å². The van der Waals surface area contributed by atoms with E-state index in [0.29, 0.717) is 39.9 Å². The number of aryl methyl sites for hydroxylation is 1. The minimum absolute atomic E-state index is 0.0364. The molecule has 1 aromatic heterocycles. The highest BCUT2D eigenvalue weighted by molar-refractivity contribution is 6.30. The Hall–Kier alpha value is -2.37. The van der Waals surface area contributed by atoms with E-state index in [2.05, 4.69) is 11.8 Å². The molecule has 6 heteroatoms. The van der Waals surface area contributed by atoms with Crippen molar-refractivity contribution in [2.75, 3.05) is 19.6 Å². The fourth-order valence-electron chi connectivity index (χ4n) is 4.12. The molecule has 0 aliphatic carbocycles. The van der Waals surface area contributed by atoms with Crippen LogP contribution in [0.25, 0.3) is 10.9 Å². The summed E-state index contributed by atoms with van der Waals surface area (Å²) in [6.07, 6.45) is 2.32. The van der Waals surface area contributed by atoms with E-state index >= 15 is 0 Å². The van der Waals surface area contributed by atoms with Crippen LogP contribution in [-0.4, -0.2) is 34.1 Å². The van der Waals surface area contributed by atoms with E-state index < -0.39 is 0 Å². The smallest absolute Gasteiger partial charge is 0.265 e. The third-order valence-corrected chi connectivity index (χ3v) is 5.92. The number of fused-ring (bicyclic) bond motifs is 1. The van der Waals surface area contributed by atoms with Gasteiger partial charge in [-0.15, -0.1) is 0 Å². The van der Waals surface area contributed by atoms with E-state index in [1.807, 2.05) is 29.7 Å². The summed E-state index contributed by atoms with van der Waals surface area (Å²) < 4.78 is 7.85. The third-order valence-electron chi connectivity index (χ3n) is 5.67. The lowest BCUT2D eigenvalue weighted by molar-refractivity contribution is 0.168. The first kappa shape index (κ1) is 19.9. The van der Waals surface area contributed by atoms with Crippen molar-refractivity contribution in [1.29, 1.82) is 0 Å². The molecule has 2 aromatic carbocycles. The van der Waals surface area contributed by atoms with Gasteiger partial charge >= 0.3 is 0 Å². The number of aromatic nitrogens is 2. The Labute approximate surface area is 175 Å². The molecule has 0 spiro atoms. The fraction of sp³-hybridized carbons (Fsp3) is 0.391. The van der Waals surface area contributed by atoms with Gasteiger partial charge in [0.1, 0.15) is 22.7 Å². The first-order valence-electron chi connectivity index (χ1n) is 10.2. The molecule has 1 fully saturated rings. The van der Waals surface area contributed by atoms with Crippen LogP contribution in [0.2, 0.25) is 5.02 Å². The number of ether oxygens (including phenoxy) is 1. The molecule has 5 nitrogen and oxygen atoms in total. The SMILES string of the molecule is CCN1CCC[C@H](Cn2c(C)nc3cccc(Oc4ccc(Cl)cc4)c3c2=O)C1. The normalized spacial score (nSPS) is 17.6. The van der Waals surface area contributed by atoms with E-state index in [-0.39, 0.29) is 5.56 Å². The Morgan fingerprint density at radius 1 is 1.21 bits per heavy atom. The molecule has 0 bridgehead atoms. The minimum atomic E-state index is -0.0364. The van der Waals surface area contributed by atoms with Crippen molar-refractivity contribution < 1.29 is 4.74 Å². The monoisotopic (exact) mass is 411 g/mol. The molecular weight excluding hydrogens is 386 g/mol. The van der Waals surface area contributed by atoms with E-state index in [1.165, 1.54) is 6.42 Å². The first-order valence-corrected chi connectivity index (χ1v) is 10.6. The molecule has 1 atom stereocenters. The van der Waals surface area contributed by atoms with Gasteiger partial charge in [0.25, 0.3) is 5.56 Å². The molecule has 1 aliphatic rings. The average Bonchev–Trinajstić information content (AvgIpc) is 2.73. The van der Waals surface area contributed by atoms with Crippen molar-refractivity contribution in [1.82, 2.24) is 14.5 Å². The summed E-state index contributed by atoms with van der Waals surface area (Å²) >= 11 is 5.96. The van der Waals surface area contributed by atoms with Crippen LogP contribution in [0.3, 0.4) is 0 Å². The zero-order chi connectivity index (χ0) is 20.4. The predicted octanol–water partition coefficient (Wildman–Crippen LogP) is 4.88. The molecule has 0 radical (unpaired) electrons. The maximum absolute atomic E-state index is 13.4. The molecule has 29 heavy (non-hydrogen) atoms. The molecule has 152 valence electrons. The quantitative estimate of drug-likeness (QED) is 0.600. The maximum Gasteiger partial charge on any atom is 0.265 e. The molecule has 4 rings (SSSR count). The van der Waals surface area contributed by atoms with Gasteiger partial charge in [-0.2, -0.15) is 0 Å². The number of hydrogen-bond acceptors (Lipinski definition) is 4. The van der Waals surface area contributed by atoms with Crippen LogP contribution < -0.4 is 10.3 Å². The Morgan fingerprint density at radius 2 is 2.00 bits per heavy atom. The molecule has 0 N–H and O–H groups in total. The van der Waals surface area contributed by atoms with Gasteiger partial charge in [0.05, 0.1) is 5.52 Å². The molecular formula is C23H26ClN3O2. The highest BCUT2D eigenvalue weighted by Gasteiger charge is 2.21. The van der Waals surface area contributed by atoms with Crippen LogP contribution in [0.4, 0.5) is 0 Å². The number of likely N-dealkylation sites (tertiary alicyclic amines) is 1. The summed E-state index contributed by atoms with van der Waals surface area (Å²) in [5.74, 6) is 2.37.